The van der Waals surface area contributed by atoms with Gasteiger partial charge in [0.05, 0.1) is 12.9 Å². The molecule has 7 nitrogen and oxygen atoms in total. The highest BCUT2D eigenvalue weighted by molar-refractivity contribution is 7.99. The molecule has 2 aromatic carbocycles. The Kier molecular flexibility index (Phi) is 6.88. The molecule has 0 spiro atoms. The maximum atomic E-state index is 13.2. The maximum Gasteiger partial charge on any atom is 0.234 e. The van der Waals surface area contributed by atoms with Crippen LogP contribution in [0.3, 0.4) is 0 Å². The number of nitrogens with zero attached hydrogens (tertiary/aromatic N) is 3. The average Bonchev–Trinajstić information content (AvgIpc) is 3.10. The lowest BCUT2D eigenvalue weighted by molar-refractivity contribution is -0.113. The first-order valence-electron chi connectivity index (χ1n) is 8.95. The molecule has 0 aliphatic heterocycles. The molecule has 3 aromatic rings. The third kappa shape index (κ3) is 5.26. The topological polar surface area (TPSA) is 78.3 Å². The molecule has 0 saturated carbocycles. The van der Waals surface area contributed by atoms with Gasteiger partial charge in [0.2, 0.25) is 5.91 Å². The highest BCUT2D eigenvalue weighted by Crippen LogP contribution is 2.26. The van der Waals surface area contributed by atoms with Gasteiger partial charge in [-0.1, -0.05) is 17.8 Å². The summed E-state index contributed by atoms with van der Waals surface area (Å²) in [4.78, 5) is 12.1. The maximum absolute atomic E-state index is 13.2. The summed E-state index contributed by atoms with van der Waals surface area (Å²) in [6.07, 6.45) is -0.389. The van der Waals surface area contributed by atoms with E-state index in [2.05, 4.69) is 15.5 Å². The predicted octanol–water partition coefficient (Wildman–Crippen LogP) is 3.97. The van der Waals surface area contributed by atoms with Crippen LogP contribution in [0.5, 0.6) is 11.5 Å². The van der Waals surface area contributed by atoms with E-state index in [1.54, 1.807) is 24.8 Å². The predicted molar refractivity (Wildman–Crippen MR) is 109 cm³/mol. The number of hydrogen-bond acceptors (Lipinski definition) is 6. The van der Waals surface area contributed by atoms with E-state index in [0.29, 0.717) is 22.5 Å². The van der Waals surface area contributed by atoms with Crippen molar-refractivity contribution >= 4 is 23.4 Å². The zero-order valence-electron chi connectivity index (χ0n) is 16.6. The van der Waals surface area contributed by atoms with Gasteiger partial charge >= 0.3 is 0 Å². The first kappa shape index (κ1) is 21.6. The van der Waals surface area contributed by atoms with Gasteiger partial charge in [0.15, 0.2) is 28.7 Å². The molecular weight excluding hydrogens is 414 g/mol. The number of nitrogens with one attached hydrogen (secondary N) is 1. The van der Waals surface area contributed by atoms with Gasteiger partial charge < -0.3 is 19.4 Å². The fourth-order valence-electron chi connectivity index (χ4n) is 2.64. The fourth-order valence-corrected chi connectivity index (χ4v) is 3.36. The van der Waals surface area contributed by atoms with Crippen molar-refractivity contribution in [2.45, 2.75) is 18.2 Å². The number of anilines is 1. The molecule has 0 saturated heterocycles. The van der Waals surface area contributed by atoms with Crippen LogP contribution in [-0.2, 0) is 11.8 Å². The Bertz CT molecular complexity index is 1040. The second-order valence-electron chi connectivity index (χ2n) is 6.30. The van der Waals surface area contributed by atoms with E-state index in [1.807, 2.05) is 25.1 Å². The molecule has 10 heteroatoms. The van der Waals surface area contributed by atoms with Crippen LogP contribution in [0.15, 0.2) is 47.6 Å². The lowest BCUT2D eigenvalue weighted by atomic mass is 10.3. The van der Waals surface area contributed by atoms with Crippen LogP contribution in [0.4, 0.5) is 14.5 Å². The van der Waals surface area contributed by atoms with Crippen molar-refractivity contribution in [2.75, 3.05) is 18.2 Å². The minimum absolute atomic E-state index is 0.0239. The van der Waals surface area contributed by atoms with E-state index >= 15 is 0 Å². The minimum Gasteiger partial charge on any atom is -0.497 e. The molecule has 1 atom stereocenters. The van der Waals surface area contributed by atoms with Gasteiger partial charge in [-0.25, -0.2) is 8.78 Å². The molecule has 0 aliphatic carbocycles. The van der Waals surface area contributed by atoms with Gasteiger partial charge in [-0.3, -0.25) is 4.79 Å². The van der Waals surface area contributed by atoms with E-state index in [9.17, 15) is 13.6 Å². The third-order valence-corrected chi connectivity index (χ3v) is 5.14. The Balaban J connectivity index is 1.58. The standard InChI is InChI=1S/C20H20F2N4O3S/c1-12(29-15-6-4-5-14(10-15)28-3)19-24-25-20(26(19)2)30-11-18(27)23-13-7-8-16(21)17(22)9-13/h4-10,12H,11H2,1-3H3,(H,23,27). The molecule has 1 unspecified atom stereocenters. The van der Waals surface area contributed by atoms with E-state index in [-0.39, 0.29) is 23.5 Å². The smallest absolute Gasteiger partial charge is 0.234 e. The van der Waals surface area contributed by atoms with E-state index in [1.165, 1.54) is 17.8 Å². The number of thioether (sulfide) groups is 1. The normalized spacial score (nSPS) is 11.8. The first-order valence-corrected chi connectivity index (χ1v) is 9.93. The molecule has 1 amide bonds. The molecule has 0 fully saturated rings. The van der Waals surface area contributed by atoms with Crippen molar-refractivity contribution in [2.24, 2.45) is 7.05 Å². The highest BCUT2D eigenvalue weighted by Gasteiger charge is 2.18. The Morgan fingerprint density at radius 2 is 1.93 bits per heavy atom. The SMILES string of the molecule is COc1cccc(OC(C)c2nnc(SCC(=O)Nc3ccc(F)c(F)c3)n2C)c1. The van der Waals surface area contributed by atoms with Crippen molar-refractivity contribution < 1.29 is 23.0 Å². The molecule has 0 bridgehead atoms. The summed E-state index contributed by atoms with van der Waals surface area (Å²) in [5.41, 5.74) is 0.179. The number of aromatic nitrogens is 3. The van der Waals surface area contributed by atoms with Gasteiger partial charge in [-0.05, 0) is 31.2 Å². The zero-order valence-corrected chi connectivity index (χ0v) is 17.4. The van der Waals surface area contributed by atoms with E-state index in [4.69, 9.17) is 9.47 Å². The van der Waals surface area contributed by atoms with Crippen LogP contribution in [-0.4, -0.2) is 33.5 Å². The van der Waals surface area contributed by atoms with Crippen LogP contribution in [0.1, 0.15) is 18.9 Å². The second-order valence-corrected chi connectivity index (χ2v) is 7.25. The van der Waals surface area contributed by atoms with E-state index < -0.39 is 11.6 Å². The molecule has 1 heterocycles. The van der Waals surface area contributed by atoms with Gasteiger partial charge in [-0.2, -0.15) is 0 Å². The number of ether oxygens (including phenoxy) is 2. The van der Waals surface area contributed by atoms with Crippen LogP contribution in [0, 0.1) is 11.6 Å². The number of benzene rings is 2. The summed E-state index contributed by atoms with van der Waals surface area (Å²) < 4.78 is 39.0. The lowest BCUT2D eigenvalue weighted by Gasteiger charge is -2.14. The quantitative estimate of drug-likeness (QED) is 0.541. The molecule has 158 valence electrons. The summed E-state index contributed by atoms with van der Waals surface area (Å²) in [6.45, 7) is 1.84. The summed E-state index contributed by atoms with van der Waals surface area (Å²) in [5.74, 6) is -0.456. The van der Waals surface area contributed by atoms with Crippen LogP contribution < -0.4 is 14.8 Å². The van der Waals surface area contributed by atoms with Crippen molar-refractivity contribution in [3.05, 3.63) is 59.9 Å². The average molecular weight is 434 g/mol. The molecule has 1 N–H and O–H groups in total. The summed E-state index contributed by atoms with van der Waals surface area (Å²) in [6, 6.07) is 10.4. The fraction of sp³-hybridized carbons (Fsp3) is 0.250. The first-order chi connectivity index (χ1) is 14.4. The molecule has 0 radical (unpaired) electrons. The van der Waals surface area contributed by atoms with Crippen LogP contribution >= 0.6 is 11.8 Å². The van der Waals surface area contributed by atoms with Crippen LogP contribution in [0.25, 0.3) is 0 Å². The molecule has 0 aliphatic rings. The number of carbonyl (C=O) groups is 1. The Morgan fingerprint density at radius 3 is 2.67 bits per heavy atom. The Hall–Kier alpha value is -3.14. The summed E-state index contributed by atoms with van der Waals surface area (Å²) in [5, 5.41) is 11.3. The number of carbonyl (C=O) groups excluding carboxylic acids is 1. The number of rotatable bonds is 8. The van der Waals surface area contributed by atoms with E-state index in [0.717, 1.165) is 12.1 Å². The number of amides is 1. The number of methoxy groups -OCH3 is 1. The summed E-state index contributed by atoms with van der Waals surface area (Å²) >= 11 is 1.17. The lowest BCUT2D eigenvalue weighted by Crippen LogP contribution is -2.15. The van der Waals surface area contributed by atoms with Gasteiger partial charge in [-0.15, -0.1) is 10.2 Å². The zero-order chi connectivity index (χ0) is 21.7. The largest absolute Gasteiger partial charge is 0.497 e. The van der Waals surface area contributed by atoms with Crippen molar-refractivity contribution in [1.82, 2.24) is 14.8 Å². The van der Waals surface area contributed by atoms with Gasteiger partial charge in [0.1, 0.15) is 11.5 Å². The van der Waals surface area contributed by atoms with Crippen molar-refractivity contribution in [3.63, 3.8) is 0 Å². The Labute approximate surface area is 176 Å². The number of hydrogen-bond donors (Lipinski definition) is 1. The monoisotopic (exact) mass is 434 g/mol. The van der Waals surface area contributed by atoms with Gasteiger partial charge in [0.25, 0.3) is 0 Å². The molecule has 30 heavy (non-hydrogen) atoms. The van der Waals surface area contributed by atoms with Crippen molar-refractivity contribution in [1.29, 1.82) is 0 Å². The van der Waals surface area contributed by atoms with Gasteiger partial charge in [0, 0.05) is 24.9 Å². The highest BCUT2D eigenvalue weighted by atomic mass is 32.2. The van der Waals surface area contributed by atoms with Crippen molar-refractivity contribution in [3.8, 4) is 11.5 Å². The second kappa shape index (κ2) is 9.57. The number of halogens is 2. The van der Waals surface area contributed by atoms with Crippen LogP contribution in [0.2, 0.25) is 0 Å². The molecular formula is C20H20F2N4O3S. The third-order valence-electron chi connectivity index (χ3n) is 4.12. The molecule has 3 rings (SSSR count). The Morgan fingerprint density at radius 1 is 1.17 bits per heavy atom. The summed E-state index contributed by atoms with van der Waals surface area (Å²) in [7, 11) is 3.35. The molecule has 1 aromatic heterocycles. The minimum atomic E-state index is -1.02.